The van der Waals surface area contributed by atoms with Crippen LogP contribution in [0.1, 0.15) is 18.4 Å². The van der Waals surface area contributed by atoms with E-state index in [2.05, 4.69) is 6.58 Å². The Hall–Kier alpha value is -2.34. The zero-order valence-corrected chi connectivity index (χ0v) is 13.6. The molecule has 24 heavy (non-hydrogen) atoms. The van der Waals surface area contributed by atoms with Gasteiger partial charge >= 0.3 is 6.03 Å². The summed E-state index contributed by atoms with van der Waals surface area (Å²) in [6.07, 6.45) is 3.11. The second-order valence-electron chi connectivity index (χ2n) is 6.15. The normalized spacial score (nSPS) is 21.1. The largest absolute Gasteiger partial charge is 0.491 e. The van der Waals surface area contributed by atoms with E-state index in [1.165, 1.54) is 0 Å². The quantitative estimate of drug-likeness (QED) is 0.609. The number of imide groups is 1. The van der Waals surface area contributed by atoms with Gasteiger partial charge in [-0.25, -0.2) is 4.79 Å². The van der Waals surface area contributed by atoms with Crippen LogP contribution in [0.3, 0.4) is 0 Å². The molecule has 2 atom stereocenters. The molecule has 3 amide bonds. The molecule has 128 valence electrons. The molecule has 2 saturated heterocycles. The van der Waals surface area contributed by atoms with Gasteiger partial charge in [-0.05, 0) is 30.9 Å². The summed E-state index contributed by atoms with van der Waals surface area (Å²) >= 11 is 0. The molecule has 2 aliphatic heterocycles. The molecule has 2 unspecified atom stereocenters. The summed E-state index contributed by atoms with van der Waals surface area (Å²) in [5, 5.41) is 10.2. The van der Waals surface area contributed by atoms with Crippen LogP contribution in [0.2, 0.25) is 0 Å². The highest BCUT2D eigenvalue weighted by atomic mass is 16.5. The van der Waals surface area contributed by atoms with Gasteiger partial charge in [0.2, 0.25) is 0 Å². The number of β-amino-alcohol motifs (C(OH)–C–C–N with tert-alkyl or cyclic N) is 1. The number of ether oxygens (including phenoxy) is 1. The van der Waals surface area contributed by atoms with Crippen molar-refractivity contribution in [2.45, 2.75) is 31.4 Å². The lowest BCUT2D eigenvalue weighted by molar-refractivity contribution is -0.129. The van der Waals surface area contributed by atoms with E-state index in [1.54, 1.807) is 11.0 Å². The second-order valence-corrected chi connectivity index (χ2v) is 6.15. The Balaban J connectivity index is 1.57. The van der Waals surface area contributed by atoms with Gasteiger partial charge in [-0.3, -0.25) is 9.69 Å². The maximum absolute atomic E-state index is 12.2. The Morgan fingerprint density at radius 2 is 2.17 bits per heavy atom. The number of allylic oxidation sites excluding steroid dienone is 1. The highest BCUT2D eigenvalue weighted by Gasteiger charge is 2.47. The van der Waals surface area contributed by atoms with Crippen molar-refractivity contribution in [1.82, 2.24) is 9.80 Å². The minimum atomic E-state index is -0.922. The summed E-state index contributed by atoms with van der Waals surface area (Å²) in [6, 6.07) is 6.90. The fraction of sp³-hybridized carbons (Fsp3) is 0.444. The number of nitrogens with zero attached hydrogens (tertiary/aromatic N) is 2. The van der Waals surface area contributed by atoms with Crippen LogP contribution in [-0.4, -0.2) is 58.7 Å². The lowest BCUT2D eigenvalue weighted by atomic mass is 10.1. The number of aliphatic hydroxyl groups excluding tert-OH is 1. The molecular weight excluding hydrogens is 308 g/mol. The number of rotatable bonds is 7. The fourth-order valence-electron chi connectivity index (χ4n) is 3.27. The average molecular weight is 330 g/mol. The zero-order valence-electron chi connectivity index (χ0n) is 13.6. The average Bonchev–Trinajstić information content (AvgIpc) is 3.14. The number of fused-ring (bicyclic) bond motifs is 1. The minimum absolute atomic E-state index is 0.0237. The zero-order chi connectivity index (χ0) is 17.1. The molecule has 0 saturated carbocycles. The van der Waals surface area contributed by atoms with Gasteiger partial charge in [0.1, 0.15) is 24.5 Å². The Morgan fingerprint density at radius 1 is 1.38 bits per heavy atom. The van der Waals surface area contributed by atoms with E-state index in [1.807, 2.05) is 24.3 Å². The number of urea groups is 1. The first-order valence-corrected chi connectivity index (χ1v) is 8.23. The van der Waals surface area contributed by atoms with Crippen molar-refractivity contribution in [3.63, 3.8) is 0 Å². The van der Waals surface area contributed by atoms with Crippen LogP contribution >= 0.6 is 0 Å². The molecular formula is C18H22N2O4. The number of hydrogen-bond acceptors (Lipinski definition) is 4. The van der Waals surface area contributed by atoms with E-state index >= 15 is 0 Å². The molecule has 2 fully saturated rings. The van der Waals surface area contributed by atoms with Gasteiger partial charge in [-0.1, -0.05) is 24.3 Å². The van der Waals surface area contributed by atoms with Gasteiger partial charge in [0.15, 0.2) is 0 Å². The van der Waals surface area contributed by atoms with E-state index in [0.717, 1.165) is 16.9 Å². The van der Waals surface area contributed by atoms with Crippen LogP contribution in [0, 0.1) is 0 Å². The van der Waals surface area contributed by atoms with E-state index in [-0.39, 0.29) is 31.1 Å². The highest BCUT2D eigenvalue weighted by Crippen LogP contribution is 2.27. The molecule has 1 aromatic rings. The minimum Gasteiger partial charge on any atom is -0.491 e. The molecule has 1 aromatic carbocycles. The summed E-state index contributed by atoms with van der Waals surface area (Å²) < 4.78 is 5.67. The number of hydrogen-bond donors (Lipinski definition) is 1. The maximum atomic E-state index is 12.2. The van der Waals surface area contributed by atoms with E-state index < -0.39 is 6.10 Å². The van der Waals surface area contributed by atoms with Crippen LogP contribution in [0.5, 0.6) is 5.75 Å². The van der Waals surface area contributed by atoms with Gasteiger partial charge < -0.3 is 14.7 Å². The van der Waals surface area contributed by atoms with E-state index in [9.17, 15) is 14.7 Å². The van der Waals surface area contributed by atoms with E-state index in [4.69, 9.17) is 4.74 Å². The molecule has 2 aliphatic rings. The third-order valence-electron chi connectivity index (χ3n) is 4.44. The summed E-state index contributed by atoms with van der Waals surface area (Å²) in [5.41, 5.74) is 0.980. The van der Waals surface area contributed by atoms with Crippen molar-refractivity contribution in [1.29, 1.82) is 0 Å². The molecule has 0 spiro atoms. The second kappa shape index (κ2) is 7.05. The fourth-order valence-corrected chi connectivity index (χ4v) is 3.27. The molecule has 2 heterocycles. The SMILES string of the molecule is C=CCc1ccccc1OCC(O)CN1C(=O)C2CCCN2C1=O. The molecule has 3 rings (SSSR count). The van der Waals surface area contributed by atoms with Gasteiger partial charge in [0.25, 0.3) is 5.91 Å². The Bertz CT molecular complexity index is 624. The third kappa shape index (κ3) is 3.14. The standard InChI is InChI=1S/C18H22N2O4/c1-2-6-13-7-3-4-9-16(13)24-12-14(21)11-20-17(22)15-8-5-10-19(15)18(20)23/h2-4,7,9,14-15,21H,1,5-6,8,10-12H2. The third-order valence-corrected chi connectivity index (χ3v) is 4.44. The van der Waals surface area contributed by atoms with Crippen LogP contribution in [0.4, 0.5) is 4.79 Å². The molecule has 6 heteroatoms. The van der Waals surface area contributed by atoms with E-state index in [0.29, 0.717) is 25.1 Å². The lowest BCUT2D eigenvalue weighted by Gasteiger charge is -2.20. The monoisotopic (exact) mass is 330 g/mol. The number of benzene rings is 1. The molecule has 0 bridgehead atoms. The Labute approximate surface area is 141 Å². The maximum Gasteiger partial charge on any atom is 0.327 e. The van der Waals surface area contributed by atoms with Crippen LogP contribution < -0.4 is 4.74 Å². The van der Waals surface area contributed by atoms with Gasteiger partial charge in [0.05, 0.1) is 6.54 Å². The molecule has 0 aromatic heterocycles. The van der Waals surface area contributed by atoms with Crippen LogP contribution in [-0.2, 0) is 11.2 Å². The van der Waals surface area contributed by atoms with Crippen molar-refractivity contribution in [3.8, 4) is 5.75 Å². The molecule has 0 aliphatic carbocycles. The van der Waals surface area contributed by atoms with Gasteiger partial charge in [0, 0.05) is 6.54 Å². The van der Waals surface area contributed by atoms with Crippen molar-refractivity contribution in [2.75, 3.05) is 19.7 Å². The Kier molecular flexibility index (Phi) is 4.85. The topological polar surface area (TPSA) is 70.1 Å². The van der Waals surface area contributed by atoms with Gasteiger partial charge in [-0.15, -0.1) is 6.58 Å². The predicted octanol–water partition coefficient (Wildman–Crippen LogP) is 1.58. The smallest absolute Gasteiger partial charge is 0.327 e. The number of aliphatic hydroxyl groups is 1. The van der Waals surface area contributed by atoms with Crippen LogP contribution in [0.15, 0.2) is 36.9 Å². The predicted molar refractivity (Wildman–Crippen MR) is 88.7 cm³/mol. The first-order valence-electron chi connectivity index (χ1n) is 8.23. The van der Waals surface area contributed by atoms with Crippen molar-refractivity contribution in [3.05, 3.63) is 42.5 Å². The summed E-state index contributed by atoms with van der Waals surface area (Å²) in [4.78, 5) is 27.2. The summed E-state index contributed by atoms with van der Waals surface area (Å²) in [6.45, 7) is 4.32. The number of para-hydroxylation sites is 1. The van der Waals surface area contributed by atoms with Crippen LogP contribution in [0.25, 0.3) is 0 Å². The van der Waals surface area contributed by atoms with Crippen molar-refractivity contribution >= 4 is 11.9 Å². The highest BCUT2D eigenvalue weighted by molar-refractivity contribution is 6.04. The summed E-state index contributed by atoms with van der Waals surface area (Å²) in [7, 11) is 0. The lowest BCUT2D eigenvalue weighted by Crippen LogP contribution is -2.41. The molecule has 6 nitrogen and oxygen atoms in total. The van der Waals surface area contributed by atoms with Crippen molar-refractivity contribution in [2.24, 2.45) is 0 Å². The first-order chi connectivity index (χ1) is 11.6. The number of amides is 3. The molecule has 0 radical (unpaired) electrons. The Morgan fingerprint density at radius 3 is 2.92 bits per heavy atom. The van der Waals surface area contributed by atoms with Crippen molar-refractivity contribution < 1.29 is 19.4 Å². The number of carbonyl (C=O) groups excluding carboxylic acids is 2. The summed E-state index contributed by atoms with van der Waals surface area (Å²) in [5.74, 6) is 0.472. The van der Waals surface area contributed by atoms with Gasteiger partial charge in [-0.2, -0.15) is 0 Å². The molecule has 1 N–H and O–H groups in total. The number of carbonyl (C=O) groups is 2. The first kappa shape index (κ1) is 16.5.